The van der Waals surface area contributed by atoms with Gasteiger partial charge in [0.1, 0.15) is 5.75 Å². The SMILES string of the molecule is CCC(S)c1ccc2c(c1)CCO2. The molecule has 0 spiro atoms. The van der Waals surface area contributed by atoms with E-state index >= 15 is 0 Å². The molecule has 1 aliphatic heterocycles. The number of fused-ring (bicyclic) bond motifs is 1. The molecule has 2 rings (SSSR count). The largest absolute Gasteiger partial charge is 0.493 e. The highest BCUT2D eigenvalue weighted by atomic mass is 32.1. The van der Waals surface area contributed by atoms with Gasteiger partial charge in [-0.1, -0.05) is 19.1 Å². The van der Waals surface area contributed by atoms with Gasteiger partial charge >= 0.3 is 0 Å². The zero-order valence-corrected chi connectivity index (χ0v) is 8.68. The highest BCUT2D eigenvalue weighted by molar-refractivity contribution is 7.80. The lowest BCUT2D eigenvalue weighted by Gasteiger charge is -2.09. The van der Waals surface area contributed by atoms with Crippen LogP contribution in [0.1, 0.15) is 29.7 Å². The summed E-state index contributed by atoms with van der Waals surface area (Å²) >= 11 is 4.52. The van der Waals surface area contributed by atoms with Crippen LogP contribution in [0.2, 0.25) is 0 Å². The van der Waals surface area contributed by atoms with E-state index in [4.69, 9.17) is 4.74 Å². The third-order valence-electron chi connectivity index (χ3n) is 2.48. The second kappa shape index (κ2) is 3.62. The summed E-state index contributed by atoms with van der Waals surface area (Å²) < 4.78 is 5.44. The minimum atomic E-state index is 0.367. The molecule has 2 heteroatoms. The van der Waals surface area contributed by atoms with Gasteiger partial charge in [-0.15, -0.1) is 0 Å². The molecule has 1 unspecified atom stereocenters. The predicted molar refractivity (Wildman–Crippen MR) is 57.7 cm³/mol. The molecule has 0 aromatic heterocycles. The van der Waals surface area contributed by atoms with Gasteiger partial charge in [0.05, 0.1) is 6.61 Å². The van der Waals surface area contributed by atoms with Crippen LogP contribution in [0, 0.1) is 0 Å². The van der Waals surface area contributed by atoms with Gasteiger partial charge < -0.3 is 4.74 Å². The summed E-state index contributed by atoms with van der Waals surface area (Å²) in [4.78, 5) is 0. The number of ether oxygens (including phenoxy) is 1. The van der Waals surface area contributed by atoms with E-state index in [0.717, 1.165) is 25.2 Å². The van der Waals surface area contributed by atoms with E-state index in [-0.39, 0.29) is 0 Å². The third kappa shape index (κ3) is 1.68. The van der Waals surface area contributed by atoms with Crippen LogP contribution in [0.5, 0.6) is 5.75 Å². The Labute approximate surface area is 84.5 Å². The molecule has 1 aromatic rings. The molecule has 0 radical (unpaired) electrons. The summed E-state index contributed by atoms with van der Waals surface area (Å²) in [6, 6.07) is 6.41. The standard InChI is InChI=1S/C11H14OS/c1-2-11(13)9-3-4-10-8(7-9)5-6-12-10/h3-4,7,11,13H,2,5-6H2,1H3. The second-order valence-corrected chi connectivity index (χ2v) is 4.01. The first-order valence-corrected chi connectivity index (χ1v) is 5.26. The molecule has 0 amide bonds. The molecular formula is C11H14OS. The van der Waals surface area contributed by atoms with Crippen molar-refractivity contribution in [2.45, 2.75) is 25.0 Å². The van der Waals surface area contributed by atoms with Crippen molar-refractivity contribution in [1.29, 1.82) is 0 Å². The molecule has 0 bridgehead atoms. The number of hydrogen-bond donors (Lipinski definition) is 1. The van der Waals surface area contributed by atoms with E-state index in [1.54, 1.807) is 0 Å². The number of hydrogen-bond acceptors (Lipinski definition) is 2. The fourth-order valence-electron chi connectivity index (χ4n) is 1.65. The molecule has 0 saturated carbocycles. The molecule has 0 fully saturated rings. The Morgan fingerprint density at radius 2 is 2.38 bits per heavy atom. The number of benzene rings is 1. The van der Waals surface area contributed by atoms with Gasteiger partial charge in [0.25, 0.3) is 0 Å². The van der Waals surface area contributed by atoms with Crippen molar-refractivity contribution >= 4 is 12.6 Å². The minimum absolute atomic E-state index is 0.367. The van der Waals surface area contributed by atoms with Gasteiger partial charge in [0, 0.05) is 11.7 Å². The lowest BCUT2D eigenvalue weighted by Crippen LogP contribution is -1.89. The van der Waals surface area contributed by atoms with Crippen molar-refractivity contribution in [2.75, 3.05) is 6.61 Å². The van der Waals surface area contributed by atoms with Gasteiger partial charge in [-0.2, -0.15) is 12.6 Å². The molecule has 0 aliphatic carbocycles. The quantitative estimate of drug-likeness (QED) is 0.712. The third-order valence-corrected chi connectivity index (χ3v) is 3.15. The van der Waals surface area contributed by atoms with Crippen molar-refractivity contribution < 1.29 is 4.74 Å². The molecule has 0 saturated heterocycles. The summed E-state index contributed by atoms with van der Waals surface area (Å²) in [6.07, 6.45) is 2.12. The summed E-state index contributed by atoms with van der Waals surface area (Å²) in [5.74, 6) is 1.06. The predicted octanol–water partition coefficient (Wildman–Crippen LogP) is 3.00. The van der Waals surface area contributed by atoms with E-state index < -0.39 is 0 Å². The van der Waals surface area contributed by atoms with E-state index in [1.807, 2.05) is 0 Å². The maximum atomic E-state index is 5.44. The van der Waals surface area contributed by atoms with Crippen molar-refractivity contribution in [1.82, 2.24) is 0 Å². The fourth-order valence-corrected chi connectivity index (χ4v) is 1.81. The van der Waals surface area contributed by atoms with Gasteiger partial charge in [0.15, 0.2) is 0 Å². The van der Waals surface area contributed by atoms with Crippen LogP contribution in [-0.2, 0) is 6.42 Å². The second-order valence-electron chi connectivity index (χ2n) is 3.39. The Morgan fingerprint density at radius 1 is 1.54 bits per heavy atom. The Morgan fingerprint density at radius 3 is 3.15 bits per heavy atom. The van der Waals surface area contributed by atoms with Crippen LogP contribution < -0.4 is 4.74 Å². The monoisotopic (exact) mass is 194 g/mol. The maximum absolute atomic E-state index is 5.44. The zero-order chi connectivity index (χ0) is 9.26. The molecule has 1 aliphatic rings. The van der Waals surface area contributed by atoms with Crippen molar-refractivity contribution in [2.24, 2.45) is 0 Å². The van der Waals surface area contributed by atoms with E-state index in [9.17, 15) is 0 Å². The summed E-state index contributed by atoms with van der Waals surface area (Å²) in [5, 5.41) is 0.367. The smallest absolute Gasteiger partial charge is 0.122 e. The lowest BCUT2D eigenvalue weighted by molar-refractivity contribution is 0.357. The minimum Gasteiger partial charge on any atom is -0.493 e. The Hall–Kier alpha value is -0.630. The molecule has 0 N–H and O–H groups in total. The van der Waals surface area contributed by atoms with Crippen LogP contribution in [0.25, 0.3) is 0 Å². The molecule has 70 valence electrons. The van der Waals surface area contributed by atoms with Crippen molar-refractivity contribution in [3.8, 4) is 5.75 Å². The van der Waals surface area contributed by atoms with Crippen LogP contribution in [-0.4, -0.2) is 6.61 Å². The Kier molecular flexibility index (Phi) is 2.49. The summed E-state index contributed by atoms with van der Waals surface area (Å²) in [6.45, 7) is 2.99. The van der Waals surface area contributed by atoms with Crippen LogP contribution in [0.4, 0.5) is 0 Å². The first-order valence-electron chi connectivity index (χ1n) is 4.75. The lowest BCUT2D eigenvalue weighted by atomic mass is 10.0. The van der Waals surface area contributed by atoms with Crippen molar-refractivity contribution in [3.05, 3.63) is 29.3 Å². The first-order chi connectivity index (χ1) is 6.31. The van der Waals surface area contributed by atoms with Gasteiger partial charge in [-0.3, -0.25) is 0 Å². The Bertz CT molecular complexity index is 309. The van der Waals surface area contributed by atoms with E-state index in [0.29, 0.717) is 5.25 Å². The summed E-state index contributed by atoms with van der Waals surface area (Å²) in [5.41, 5.74) is 2.65. The Balaban J connectivity index is 2.30. The van der Waals surface area contributed by atoms with Crippen LogP contribution >= 0.6 is 12.6 Å². The average molecular weight is 194 g/mol. The first kappa shape index (κ1) is 8.95. The van der Waals surface area contributed by atoms with E-state index in [2.05, 4.69) is 37.8 Å². The number of rotatable bonds is 2. The molecule has 1 heterocycles. The highest BCUT2D eigenvalue weighted by Gasteiger charge is 2.13. The summed E-state index contributed by atoms with van der Waals surface area (Å²) in [7, 11) is 0. The topological polar surface area (TPSA) is 9.23 Å². The zero-order valence-electron chi connectivity index (χ0n) is 7.79. The molecular weight excluding hydrogens is 180 g/mol. The molecule has 1 aromatic carbocycles. The van der Waals surface area contributed by atoms with Crippen LogP contribution in [0.3, 0.4) is 0 Å². The van der Waals surface area contributed by atoms with Crippen LogP contribution in [0.15, 0.2) is 18.2 Å². The molecule has 1 nitrogen and oxygen atoms in total. The van der Waals surface area contributed by atoms with Gasteiger partial charge in [-0.25, -0.2) is 0 Å². The fraction of sp³-hybridized carbons (Fsp3) is 0.455. The van der Waals surface area contributed by atoms with Gasteiger partial charge in [0.2, 0.25) is 0 Å². The maximum Gasteiger partial charge on any atom is 0.122 e. The number of thiol groups is 1. The van der Waals surface area contributed by atoms with Crippen molar-refractivity contribution in [3.63, 3.8) is 0 Å². The average Bonchev–Trinajstić information content (AvgIpc) is 2.63. The van der Waals surface area contributed by atoms with E-state index in [1.165, 1.54) is 11.1 Å². The molecule has 13 heavy (non-hydrogen) atoms. The normalized spacial score (nSPS) is 16.5. The highest BCUT2D eigenvalue weighted by Crippen LogP contribution is 2.31. The van der Waals surface area contributed by atoms with Gasteiger partial charge in [-0.05, 0) is 23.6 Å². The molecule has 1 atom stereocenters.